The SMILES string of the molecule is CNC(C)CNc1n[nH]c(=O)[nH]c1=O. The Bertz CT molecular complexity index is 396. The third kappa shape index (κ3) is 2.70. The predicted molar refractivity (Wildman–Crippen MR) is 52.5 cm³/mol. The number of nitrogens with zero attached hydrogens (tertiary/aromatic N) is 1. The zero-order valence-electron chi connectivity index (χ0n) is 8.05. The highest BCUT2D eigenvalue weighted by Gasteiger charge is 2.02. The lowest BCUT2D eigenvalue weighted by Gasteiger charge is -2.10. The maximum absolute atomic E-state index is 11.1. The molecule has 7 nitrogen and oxygen atoms in total. The van der Waals surface area contributed by atoms with E-state index < -0.39 is 11.2 Å². The van der Waals surface area contributed by atoms with E-state index >= 15 is 0 Å². The van der Waals surface area contributed by atoms with E-state index in [0.717, 1.165) is 0 Å². The summed E-state index contributed by atoms with van der Waals surface area (Å²) in [4.78, 5) is 23.8. The van der Waals surface area contributed by atoms with Crippen LogP contribution in [-0.2, 0) is 0 Å². The van der Waals surface area contributed by atoms with E-state index in [1.807, 2.05) is 14.0 Å². The predicted octanol–water partition coefficient (Wildman–Crippen LogP) is -1.52. The fourth-order valence-corrected chi connectivity index (χ4v) is 0.819. The second kappa shape index (κ2) is 4.56. The average molecular weight is 199 g/mol. The van der Waals surface area contributed by atoms with E-state index in [-0.39, 0.29) is 11.9 Å². The number of nitrogens with one attached hydrogen (secondary N) is 4. The zero-order valence-corrected chi connectivity index (χ0v) is 8.05. The topological polar surface area (TPSA) is 103 Å². The van der Waals surface area contributed by atoms with Crippen molar-refractivity contribution in [2.75, 3.05) is 18.9 Å². The van der Waals surface area contributed by atoms with Gasteiger partial charge in [-0.2, -0.15) is 0 Å². The molecule has 0 aliphatic heterocycles. The second-order valence-corrected chi connectivity index (χ2v) is 2.93. The molecule has 1 aromatic rings. The Balaban J connectivity index is 2.68. The number of likely N-dealkylation sites (N-methyl/N-ethyl adjacent to an activating group) is 1. The third-order valence-electron chi connectivity index (χ3n) is 1.78. The van der Waals surface area contributed by atoms with Crippen molar-refractivity contribution in [3.8, 4) is 0 Å². The van der Waals surface area contributed by atoms with Crippen molar-refractivity contribution < 1.29 is 0 Å². The summed E-state index contributed by atoms with van der Waals surface area (Å²) < 4.78 is 0. The van der Waals surface area contributed by atoms with Crippen LogP contribution >= 0.6 is 0 Å². The van der Waals surface area contributed by atoms with Crippen LogP contribution in [0.3, 0.4) is 0 Å². The number of H-pyrrole nitrogens is 2. The van der Waals surface area contributed by atoms with E-state index in [9.17, 15) is 9.59 Å². The standard InChI is InChI=1S/C7H13N5O2/c1-4(8-2)3-9-5-6(13)10-7(14)12-11-5/h4,8H,3H2,1-2H3,(H,9,11)(H2,10,12,13,14). The van der Waals surface area contributed by atoms with Crippen molar-refractivity contribution in [3.05, 3.63) is 20.8 Å². The van der Waals surface area contributed by atoms with Gasteiger partial charge in [0.1, 0.15) is 0 Å². The molecule has 0 bridgehead atoms. The Morgan fingerprint density at radius 1 is 1.50 bits per heavy atom. The molecule has 0 aromatic carbocycles. The lowest BCUT2D eigenvalue weighted by Crippen LogP contribution is -2.33. The summed E-state index contributed by atoms with van der Waals surface area (Å²) in [6.07, 6.45) is 0. The van der Waals surface area contributed by atoms with Gasteiger partial charge in [-0.1, -0.05) is 0 Å². The van der Waals surface area contributed by atoms with Gasteiger partial charge in [0.15, 0.2) is 0 Å². The number of anilines is 1. The van der Waals surface area contributed by atoms with Crippen molar-refractivity contribution in [1.82, 2.24) is 20.5 Å². The molecule has 7 heteroatoms. The van der Waals surface area contributed by atoms with Gasteiger partial charge in [-0.25, -0.2) is 9.89 Å². The first-order valence-corrected chi connectivity index (χ1v) is 4.23. The number of rotatable bonds is 4. The number of hydrogen-bond acceptors (Lipinski definition) is 5. The third-order valence-corrected chi connectivity index (χ3v) is 1.78. The molecule has 0 radical (unpaired) electrons. The minimum atomic E-state index is -0.609. The average Bonchev–Trinajstić information content (AvgIpc) is 2.16. The van der Waals surface area contributed by atoms with Crippen LogP contribution in [0.25, 0.3) is 0 Å². The van der Waals surface area contributed by atoms with Crippen molar-refractivity contribution in [2.45, 2.75) is 13.0 Å². The molecule has 0 spiro atoms. The maximum atomic E-state index is 11.1. The van der Waals surface area contributed by atoms with Crippen molar-refractivity contribution in [3.63, 3.8) is 0 Å². The van der Waals surface area contributed by atoms with E-state index in [1.54, 1.807) is 0 Å². The normalized spacial score (nSPS) is 12.4. The van der Waals surface area contributed by atoms with E-state index in [0.29, 0.717) is 6.54 Å². The fraction of sp³-hybridized carbons (Fsp3) is 0.571. The summed E-state index contributed by atoms with van der Waals surface area (Å²) in [5.74, 6) is 0.117. The van der Waals surface area contributed by atoms with Gasteiger partial charge in [0.05, 0.1) is 0 Å². The Morgan fingerprint density at radius 2 is 2.21 bits per heavy atom. The molecule has 1 heterocycles. The maximum Gasteiger partial charge on any atom is 0.342 e. The zero-order chi connectivity index (χ0) is 10.6. The minimum Gasteiger partial charge on any atom is -0.363 e. The largest absolute Gasteiger partial charge is 0.363 e. The van der Waals surface area contributed by atoms with Crippen LogP contribution < -0.4 is 21.9 Å². The van der Waals surface area contributed by atoms with Gasteiger partial charge in [-0.15, -0.1) is 5.10 Å². The number of hydrogen-bond donors (Lipinski definition) is 4. The molecule has 1 rings (SSSR count). The highest BCUT2D eigenvalue weighted by molar-refractivity contribution is 5.28. The first-order chi connectivity index (χ1) is 6.63. The Morgan fingerprint density at radius 3 is 2.79 bits per heavy atom. The van der Waals surface area contributed by atoms with Crippen molar-refractivity contribution in [1.29, 1.82) is 0 Å². The molecule has 0 aliphatic rings. The van der Waals surface area contributed by atoms with Gasteiger partial charge < -0.3 is 10.6 Å². The van der Waals surface area contributed by atoms with E-state index in [4.69, 9.17) is 0 Å². The fourth-order valence-electron chi connectivity index (χ4n) is 0.819. The summed E-state index contributed by atoms with van der Waals surface area (Å²) in [6, 6.07) is 0.211. The van der Waals surface area contributed by atoms with Gasteiger partial charge in [-0.05, 0) is 14.0 Å². The molecule has 0 saturated carbocycles. The number of aromatic nitrogens is 3. The van der Waals surface area contributed by atoms with Crippen molar-refractivity contribution in [2.24, 2.45) is 0 Å². The minimum absolute atomic E-state index is 0.117. The lowest BCUT2D eigenvalue weighted by atomic mass is 10.3. The molecule has 1 aromatic heterocycles. The van der Waals surface area contributed by atoms with Gasteiger partial charge in [0, 0.05) is 12.6 Å². The smallest absolute Gasteiger partial charge is 0.342 e. The molecule has 0 amide bonds. The first-order valence-electron chi connectivity index (χ1n) is 4.23. The van der Waals surface area contributed by atoms with Crippen LogP contribution in [0, 0.1) is 0 Å². The molecular weight excluding hydrogens is 186 g/mol. The van der Waals surface area contributed by atoms with Crippen LogP contribution in [0.5, 0.6) is 0 Å². The van der Waals surface area contributed by atoms with Crippen LogP contribution in [0.15, 0.2) is 9.59 Å². The Kier molecular flexibility index (Phi) is 3.41. The Labute approximate surface area is 79.9 Å². The van der Waals surface area contributed by atoms with Crippen LogP contribution in [0.2, 0.25) is 0 Å². The second-order valence-electron chi connectivity index (χ2n) is 2.93. The highest BCUT2D eigenvalue weighted by atomic mass is 16.2. The molecular formula is C7H13N5O2. The summed E-state index contributed by atoms with van der Waals surface area (Å²) in [7, 11) is 1.82. The van der Waals surface area contributed by atoms with E-state index in [1.165, 1.54) is 0 Å². The molecule has 1 atom stereocenters. The molecule has 0 aliphatic carbocycles. The van der Waals surface area contributed by atoms with Crippen LogP contribution in [0.1, 0.15) is 6.92 Å². The molecule has 14 heavy (non-hydrogen) atoms. The number of aromatic amines is 2. The van der Waals surface area contributed by atoms with Gasteiger partial charge >= 0.3 is 5.69 Å². The lowest BCUT2D eigenvalue weighted by molar-refractivity contribution is 0.635. The van der Waals surface area contributed by atoms with Gasteiger partial charge in [-0.3, -0.25) is 9.78 Å². The summed E-state index contributed by atoms with van der Waals surface area (Å²) in [6.45, 7) is 2.51. The molecule has 78 valence electrons. The summed E-state index contributed by atoms with van der Waals surface area (Å²) >= 11 is 0. The first kappa shape index (κ1) is 10.5. The Hall–Kier alpha value is -1.63. The molecule has 1 unspecified atom stereocenters. The summed E-state index contributed by atoms with van der Waals surface area (Å²) in [5.41, 5.74) is -1.13. The van der Waals surface area contributed by atoms with Gasteiger partial charge in [0.2, 0.25) is 5.82 Å². The molecule has 0 fully saturated rings. The molecule has 0 saturated heterocycles. The van der Waals surface area contributed by atoms with Gasteiger partial charge in [0.25, 0.3) is 5.56 Å². The highest BCUT2D eigenvalue weighted by Crippen LogP contribution is 1.87. The monoisotopic (exact) mass is 199 g/mol. The quantitative estimate of drug-likeness (QED) is 0.471. The van der Waals surface area contributed by atoms with Crippen LogP contribution in [0.4, 0.5) is 5.82 Å². The van der Waals surface area contributed by atoms with Crippen molar-refractivity contribution >= 4 is 5.82 Å². The summed E-state index contributed by atoms with van der Waals surface area (Å²) in [5, 5.41) is 11.5. The molecule has 4 N–H and O–H groups in total. The van der Waals surface area contributed by atoms with E-state index in [2.05, 4.69) is 25.8 Å². The van der Waals surface area contributed by atoms with Crippen LogP contribution in [-0.4, -0.2) is 34.8 Å².